The normalized spacial score (nSPS) is 10.3. The maximum Gasteiger partial charge on any atom is 0.268 e. The van der Waals surface area contributed by atoms with Crippen LogP contribution in [0.4, 0.5) is 0 Å². The molecular weight excluding hydrogens is 379 g/mol. The summed E-state index contributed by atoms with van der Waals surface area (Å²) in [4.78, 5) is 18.0. The number of hydrogen-bond acceptors (Lipinski definition) is 3. The van der Waals surface area contributed by atoms with Gasteiger partial charge in [-0.2, -0.15) is 0 Å². The van der Waals surface area contributed by atoms with E-state index in [4.69, 9.17) is 4.74 Å². The maximum atomic E-state index is 11.5. The molecule has 0 aliphatic carbocycles. The smallest absolute Gasteiger partial charge is 0.268 e. The van der Waals surface area contributed by atoms with Gasteiger partial charge in [0.2, 0.25) is 5.88 Å². The minimum absolute atomic E-state index is 0.207. The second kappa shape index (κ2) is 6.09. The summed E-state index contributed by atoms with van der Waals surface area (Å²) >= 11 is 1.92. The number of halogens is 1. The second-order valence-corrected chi connectivity index (χ2v) is 5.42. The Balaban J connectivity index is 1.85. The Bertz CT molecular complexity index is 799. The van der Waals surface area contributed by atoms with Gasteiger partial charge in [-0.3, -0.25) is 4.79 Å². The van der Waals surface area contributed by atoms with Crippen LogP contribution in [0.5, 0.6) is 11.6 Å². The number of H-pyrrole nitrogens is 1. The molecular formula is C16H11IN2O2. The van der Waals surface area contributed by atoms with Gasteiger partial charge in [-0.1, -0.05) is 42.5 Å². The van der Waals surface area contributed by atoms with E-state index in [1.807, 2.05) is 65.1 Å². The fourth-order valence-corrected chi connectivity index (χ4v) is 2.30. The summed E-state index contributed by atoms with van der Waals surface area (Å²) in [6, 6.07) is 17.8. The molecule has 0 spiro atoms. The highest BCUT2D eigenvalue weighted by molar-refractivity contribution is 14.1. The number of nitrogens with zero attached hydrogens (tertiary/aromatic N) is 1. The van der Waals surface area contributed by atoms with Crippen molar-refractivity contribution in [2.45, 2.75) is 0 Å². The van der Waals surface area contributed by atoms with E-state index in [0.717, 1.165) is 11.1 Å². The van der Waals surface area contributed by atoms with E-state index in [1.54, 1.807) is 0 Å². The molecule has 0 unspecified atom stereocenters. The van der Waals surface area contributed by atoms with E-state index in [2.05, 4.69) is 22.1 Å². The molecule has 0 atom stereocenters. The Kier molecular flexibility index (Phi) is 4.01. The molecule has 1 heterocycles. The Morgan fingerprint density at radius 2 is 1.62 bits per heavy atom. The molecule has 0 amide bonds. The third-order valence-electron chi connectivity index (χ3n) is 2.94. The van der Waals surface area contributed by atoms with Crippen molar-refractivity contribution in [3.05, 3.63) is 74.8 Å². The lowest BCUT2D eigenvalue weighted by Gasteiger charge is -2.07. The Morgan fingerprint density at radius 3 is 2.33 bits per heavy atom. The van der Waals surface area contributed by atoms with Gasteiger partial charge in [0.05, 0.1) is 6.33 Å². The lowest BCUT2D eigenvalue weighted by molar-refractivity contribution is 0.456. The number of nitrogens with one attached hydrogen (secondary N) is 1. The van der Waals surface area contributed by atoms with Gasteiger partial charge in [0, 0.05) is 0 Å². The molecule has 1 aromatic heterocycles. The summed E-state index contributed by atoms with van der Waals surface area (Å²) in [5.74, 6) is 0.956. The third kappa shape index (κ3) is 3.13. The highest BCUT2D eigenvalue weighted by Gasteiger charge is 2.07. The first-order valence-corrected chi connectivity index (χ1v) is 7.38. The predicted octanol–water partition coefficient (Wildman–Crippen LogP) is 3.83. The van der Waals surface area contributed by atoms with E-state index >= 15 is 0 Å². The van der Waals surface area contributed by atoms with Crippen molar-refractivity contribution in [1.82, 2.24) is 9.97 Å². The second-order valence-electron chi connectivity index (χ2n) is 4.34. The molecule has 3 rings (SSSR count). The largest absolute Gasteiger partial charge is 0.438 e. The molecule has 0 fully saturated rings. The highest BCUT2D eigenvalue weighted by atomic mass is 127. The average molecular weight is 390 g/mol. The first-order chi connectivity index (χ1) is 10.2. The van der Waals surface area contributed by atoms with Crippen LogP contribution in [0.1, 0.15) is 0 Å². The topological polar surface area (TPSA) is 55.0 Å². The predicted molar refractivity (Wildman–Crippen MR) is 89.5 cm³/mol. The molecule has 2 aromatic carbocycles. The van der Waals surface area contributed by atoms with Crippen LogP contribution < -0.4 is 10.3 Å². The summed E-state index contributed by atoms with van der Waals surface area (Å²) in [6.07, 6.45) is 1.33. The molecule has 0 aliphatic heterocycles. The van der Waals surface area contributed by atoms with Crippen molar-refractivity contribution in [1.29, 1.82) is 0 Å². The average Bonchev–Trinajstić information content (AvgIpc) is 2.53. The summed E-state index contributed by atoms with van der Waals surface area (Å²) < 4.78 is 6.07. The molecule has 0 saturated heterocycles. The van der Waals surface area contributed by atoms with E-state index in [0.29, 0.717) is 15.2 Å². The van der Waals surface area contributed by atoms with Gasteiger partial charge in [0.25, 0.3) is 5.56 Å². The van der Waals surface area contributed by atoms with Crippen LogP contribution in [0, 0.1) is 3.57 Å². The fourth-order valence-electron chi connectivity index (χ4n) is 1.90. The highest BCUT2D eigenvalue weighted by Crippen LogP contribution is 2.25. The summed E-state index contributed by atoms with van der Waals surface area (Å²) in [6.45, 7) is 0. The van der Waals surface area contributed by atoms with Crippen LogP contribution in [-0.4, -0.2) is 9.97 Å². The molecule has 0 bridgehead atoms. The van der Waals surface area contributed by atoms with Gasteiger partial charge >= 0.3 is 0 Å². The van der Waals surface area contributed by atoms with Crippen LogP contribution in [0.2, 0.25) is 0 Å². The minimum Gasteiger partial charge on any atom is -0.438 e. The molecule has 5 heteroatoms. The van der Waals surface area contributed by atoms with E-state index in [9.17, 15) is 4.79 Å². The zero-order chi connectivity index (χ0) is 14.7. The number of aromatic amines is 1. The van der Waals surface area contributed by atoms with Gasteiger partial charge in [-0.25, -0.2) is 4.98 Å². The number of aromatic nitrogens is 2. The zero-order valence-electron chi connectivity index (χ0n) is 10.9. The van der Waals surface area contributed by atoms with Crippen LogP contribution in [0.15, 0.2) is 65.7 Å². The molecule has 0 saturated carbocycles. The van der Waals surface area contributed by atoms with Crippen molar-refractivity contribution in [2.75, 3.05) is 0 Å². The van der Waals surface area contributed by atoms with Crippen LogP contribution in [0.25, 0.3) is 11.1 Å². The Labute approximate surface area is 135 Å². The summed E-state index contributed by atoms with van der Waals surface area (Å²) in [7, 11) is 0. The summed E-state index contributed by atoms with van der Waals surface area (Å²) in [5.41, 5.74) is 2.05. The third-order valence-corrected chi connectivity index (χ3v) is 3.89. The lowest BCUT2D eigenvalue weighted by atomic mass is 10.1. The molecule has 21 heavy (non-hydrogen) atoms. The SMILES string of the molecule is O=c1[nH]cnc(Oc2ccc(-c3ccccc3)cc2)c1I. The van der Waals surface area contributed by atoms with Crippen molar-refractivity contribution < 1.29 is 4.74 Å². The van der Waals surface area contributed by atoms with Crippen LogP contribution >= 0.6 is 22.6 Å². The first kappa shape index (κ1) is 13.8. The van der Waals surface area contributed by atoms with Crippen molar-refractivity contribution in [3.63, 3.8) is 0 Å². The molecule has 3 aromatic rings. The van der Waals surface area contributed by atoms with Crippen LogP contribution in [0.3, 0.4) is 0 Å². The maximum absolute atomic E-state index is 11.5. The quantitative estimate of drug-likeness (QED) is 0.692. The van der Waals surface area contributed by atoms with Crippen molar-refractivity contribution >= 4 is 22.6 Å². The molecule has 4 nitrogen and oxygen atoms in total. The zero-order valence-corrected chi connectivity index (χ0v) is 13.1. The minimum atomic E-state index is -0.207. The number of ether oxygens (including phenoxy) is 1. The fraction of sp³-hybridized carbons (Fsp3) is 0. The van der Waals surface area contributed by atoms with Crippen molar-refractivity contribution in [3.8, 4) is 22.8 Å². The van der Waals surface area contributed by atoms with Crippen molar-refractivity contribution in [2.24, 2.45) is 0 Å². The van der Waals surface area contributed by atoms with Gasteiger partial charge in [-0.05, 0) is 45.9 Å². The number of hydrogen-bond donors (Lipinski definition) is 1. The monoisotopic (exact) mass is 390 g/mol. The van der Waals surface area contributed by atoms with Gasteiger partial charge in [0.15, 0.2) is 0 Å². The van der Waals surface area contributed by atoms with Gasteiger partial charge < -0.3 is 9.72 Å². The molecule has 0 radical (unpaired) electrons. The molecule has 104 valence electrons. The number of benzene rings is 2. The first-order valence-electron chi connectivity index (χ1n) is 6.30. The Hall–Kier alpha value is -2.15. The van der Waals surface area contributed by atoms with Gasteiger partial charge in [-0.15, -0.1) is 0 Å². The van der Waals surface area contributed by atoms with Crippen LogP contribution in [-0.2, 0) is 0 Å². The Morgan fingerprint density at radius 1 is 0.952 bits per heavy atom. The standard InChI is InChI=1S/C16H11IN2O2/c17-14-15(20)18-10-19-16(14)21-13-8-6-12(7-9-13)11-4-2-1-3-5-11/h1-10H,(H,18,19,20). The van der Waals surface area contributed by atoms with E-state index in [-0.39, 0.29) is 5.56 Å². The van der Waals surface area contributed by atoms with E-state index in [1.165, 1.54) is 6.33 Å². The van der Waals surface area contributed by atoms with Gasteiger partial charge in [0.1, 0.15) is 9.32 Å². The molecule has 1 N–H and O–H groups in total. The molecule has 0 aliphatic rings. The summed E-state index contributed by atoms with van der Waals surface area (Å²) in [5, 5.41) is 0. The number of rotatable bonds is 3. The van der Waals surface area contributed by atoms with E-state index < -0.39 is 0 Å². The lowest BCUT2D eigenvalue weighted by Crippen LogP contribution is -2.11.